The van der Waals surface area contributed by atoms with Crippen molar-refractivity contribution < 1.29 is 19.4 Å². The molecule has 0 spiro atoms. The first-order valence-corrected chi connectivity index (χ1v) is 7.02. The Morgan fingerprint density at radius 3 is 2.80 bits per heavy atom. The van der Waals surface area contributed by atoms with Crippen molar-refractivity contribution in [1.82, 2.24) is 5.32 Å². The second-order valence-electron chi connectivity index (χ2n) is 4.89. The molecule has 0 radical (unpaired) electrons. The minimum atomic E-state index is -0.787. The number of carboxylic acids is 1. The van der Waals surface area contributed by atoms with E-state index in [-0.39, 0.29) is 12.5 Å². The van der Waals surface area contributed by atoms with Gasteiger partial charge < -0.3 is 19.9 Å². The largest absolute Gasteiger partial charge is 0.490 e. The van der Waals surface area contributed by atoms with E-state index in [1.807, 2.05) is 25.1 Å². The van der Waals surface area contributed by atoms with Crippen LogP contribution in [0.5, 0.6) is 11.5 Å². The van der Waals surface area contributed by atoms with Gasteiger partial charge in [0.2, 0.25) is 0 Å². The van der Waals surface area contributed by atoms with Crippen LogP contribution in [0.2, 0.25) is 0 Å². The molecule has 0 bridgehead atoms. The molecule has 1 unspecified atom stereocenters. The number of nitrogens with one attached hydrogen (secondary N) is 1. The number of carbonyl (C=O) groups is 1. The summed E-state index contributed by atoms with van der Waals surface area (Å²) in [7, 11) is 0. The molecule has 1 atom stereocenters. The van der Waals surface area contributed by atoms with Crippen LogP contribution in [0.4, 0.5) is 0 Å². The molecule has 1 aromatic carbocycles. The number of fused-ring (bicyclic) bond motifs is 1. The number of likely N-dealkylation sites (N-methyl/N-ethyl adjacent to an activating group) is 1. The molecule has 1 heterocycles. The second kappa shape index (κ2) is 7.14. The molecule has 0 saturated heterocycles. The van der Waals surface area contributed by atoms with Crippen LogP contribution in [0.15, 0.2) is 18.2 Å². The fourth-order valence-electron chi connectivity index (χ4n) is 2.34. The van der Waals surface area contributed by atoms with E-state index in [1.165, 1.54) is 0 Å². The first-order valence-electron chi connectivity index (χ1n) is 7.02. The molecule has 5 nitrogen and oxygen atoms in total. The average molecular weight is 279 g/mol. The zero-order valence-electron chi connectivity index (χ0n) is 11.7. The number of ether oxygens (including phenoxy) is 2. The highest BCUT2D eigenvalue weighted by Gasteiger charge is 2.15. The van der Waals surface area contributed by atoms with Crippen LogP contribution in [0.1, 0.15) is 25.3 Å². The topological polar surface area (TPSA) is 67.8 Å². The van der Waals surface area contributed by atoms with Gasteiger partial charge in [0, 0.05) is 12.5 Å². The fraction of sp³-hybridized carbons (Fsp3) is 0.533. The lowest BCUT2D eigenvalue weighted by atomic mass is 10.0. The summed E-state index contributed by atoms with van der Waals surface area (Å²) in [5.74, 6) is 0.736. The Labute approximate surface area is 118 Å². The molecule has 2 rings (SSSR count). The predicted molar refractivity (Wildman–Crippen MR) is 75.5 cm³/mol. The van der Waals surface area contributed by atoms with Crippen molar-refractivity contribution in [3.05, 3.63) is 23.8 Å². The lowest BCUT2D eigenvalue weighted by Gasteiger charge is -2.17. The van der Waals surface area contributed by atoms with Crippen molar-refractivity contribution in [3.63, 3.8) is 0 Å². The molecular formula is C15H21NO4. The number of hydrogen-bond donors (Lipinski definition) is 2. The van der Waals surface area contributed by atoms with Gasteiger partial charge in [0.1, 0.15) is 0 Å². The summed E-state index contributed by atoms with van der Waals surface area (Å²) in [5, 5.41) is 12.1. The van der Waals surface area contributed by atoms with Crippen molar-refractivity contribution in [2.75, 3.05) is 19.8 Å². The Morgan fingerprint density at radius 2 is 2.10 bits per heavy atom. The molecule has 0 amide bonds. The maximum Gasteiger partial charge on any atom is 0.304 e. The molecule has 20 heavy (non-hydrogen) atoms. The Bertz CT molecular complexity index is 461. The van der Waals surface area contributed by atoms with Crippen LogP contribution in [-0.4, -0.2) is 36.9 Å². The number of aliphatic carboxylic acids is 1. The lowest BCUT2D eigenvalue weighted by molar-refractivity contribution is -0.137. The minimum absolute atomic E-state index is 0.0674. The van der Waals surface area contributed by atoms with Crippen LogP contribution in [0.25, 0.3) is 0 Å². The average Bonchev–Trinajstić information content (AvgIpc) is 2.63. The van der Waals surface area contributed by atoms with Crippen molar-refractivity contribution in [2.45, 2.75) is 32.2 Å². The summed E-state index contributed by atoms with van der Waals surface area (Å²) in [4.78, 5) is 10.9. The zero-order chi connectivity index (χ0) is 14.4. The van der Waals surface area contributed by atoms with Gasteiger partial charge in [0.05, 0.1) is 19.6 Å². The third-order valence-corrected chi connectivity index (χ3v) is 3.21. The highest BCUT2D eigenvalue weighted by molar-refractivity contribution is 5.67. The molecule has 0 aromatic heterocycles. The van der Waals surface area contributed by atoms with E-state index in [1.54, 1.807) is 0 Å². The quantitative estimate of drug-likeness (QED) is 0.831. The van der Waals surface area contributed by atoms with E-state index in [0.29, 0.717) is 19.6 Å². The van der Waals surface area contributed by atoms with E-state index in [2.05, 4.69) is 5.32 Å². The normalized spacial score (nSPS) is 15.4. The summed E-state index contributed by atoms with van der Waals surface area (Å²) in [5.41, 5.74) is 1.06. The van der Waals surface area contributed by atoms with E-state index in [9.17, 15) is 4.79 Å². The first kappa shape index (κ1) is 14.7. The summed E-state index contributed by atoms with van der Waals surface area (Å²) < 4.78 is 11.2. The third kappa shape index (κ3) is 4.13. The van der Waals surface area contributed by atoms with Crippen LogP contribution >= 0.6 is 0 Å². The first-order chi connectivity index (χ1) is 9.69. The Hall–Kier alpha value is -1.75. The number of carboxylic acid groups (broad SMARTS) is 1. The van der Waals surface area contributed by atoms with E-state index in [4.69, 9.17) is 14.6 Å². The SMILES string of the molecule is CCNC(CC(=O)O)Cc1ccc2c(c1)OCCCO2. The third-order valence-electron chi connectivity index (χ3n) is 3.21. The van der Waals surface area contributed by atoms with Gasteiger partial charge in [-0.15, -0.1) is 0 Å². The molecule has 0 fully saturated rings. The molecule has 1 aliphatic heterocycles. The lowest BCUT2D eigenvalue weighted by Crippen LogP contribution is -2.33. The van der Waals surface area contributed by atoms with Crippen LogP contribution in [0, 0.1) is 0 Å². The Kier molecular flexibility index (Phi) is 5.24. The van der Waals surface area contributed by atoms with Gasteiger partial charge in [-0.1, -0.05) is 13.0 Å². The maximum atomic E-state index is 10.9. The standard InChI is InChI=1S/C15H21NO4/c1-2-16-12(10-15(17)18)8-11-4-5-13-14(9-11)20-7-3-6-19-13/h4-5,9,12,16H,2-3,6-8,10H2,1H3,(H,17,18). The van der Waals surface area contributed by atoms with Gasteiger partial charge >= 0.3 is 5.97 Å². The monoisotopic (exact) mass is 279 g/mol. The Balaban J connectivity index is 2.07. The van der Waals surface area contributed by atoms with Crippen LogP contribution in [-0.2, 0) is 11.2 Å². The van der Waals surface area contributed by atoms with E-state index in [0.717, 1.165) is 30.0 Å². The molecule has 0 saturated carbocycles. The summed E-state index contributed by atoms with van der Waals surface area (Å²) in [6.07, 6.45) is 1.65. The number of benzene rings is 1. The predicted octanol–water partition coefficient (Wildman–Crippen LogP) is 1.84. The zero-order valence-corrected chi connectivity index (χ0v) is 11.7. The maximum absolute atomic E-state index is 10.9. The van der Waals surface area contributed by atoms with Gasteiger partial charge in [-0.3, -0.25) is 4.79 Å². The van der Waals surface area contributed by atoms with Crippen molar-refractivity contribution >= 4 is 5.97 Å². The Morgan fingerprint density at radius 1 is 1.35 bits per heavy atom. The second-order valence-corrected chi connectivity index (χ2v) is 4.89. The van der Waals surface area contributed by atoms with Crippen molar-refractivity contribution in [3.8, 4) is 11.5 Å². The van der Waals surface area contributed by atoms with Gasteiger partial charge in [0.15, 0.2) is 11.5 Å². The smallest absolute Gasteiger partial charge is 0.304 e. The van der Waals surface area contributed by atoms with E-state index < -0.39 is 5.97 Å². The summed E-state index contributed by atoms with van der Waals surface area (Å²) in [6, 6.07) is 5.76. The highest BCUT2D eigenvalue weighted by atomic mass is 16.5. The van der Waals surface area contributed by atoms with Gasteiger partial charge in [-0.05, 0) is 30.7 Å². The van der Waals surface area contributed by atoms with Gasteiger partial charge in [-0.2, -0.15) is 0 Å². The highest BCUT2D eigenvalue weighted by Crippen LogP contribution is 2.30. The molecule has 1 aliphatic rings. The number of hydrogen-bond acceptors (Lipinski definition) is 4. The molecule has 1 aromatic rings. The molecule has 110 valence electrons. The van der Waals surface area contributed by atoms with E-state index >= 15 is 0 Å². The van der Waals surface area contributed by atoms with Crippen molar-refractivity contribution in [1.29, 1.82) is 0 Å². The molecule has 2 N–H and O–H groups in total. The van der Waals surface area contributed by atoms with Gasteiger partial charge in [-0.25, -0.2) is 0 Å². The summed E-state index contributed by atoms with van der Waals surface area (Å²) in [6.45, 7) is 4.05. The van der Waals surface area contributed by atoms with Gasteiger partial charge in [0.25, 0.3) is 0 Å². The van der Waals surface area contributed by atoms with Crippen LogP contribution in [0.3, 0.4) is 0 Å². The summed E-state index contributed by atoms with van der Waals surface area (Å²) >= 11 is 0. The number of rotatable bonds is 6. The van der Waals surface area contributed by atoms with Crippen LogP contribution < -0.4 is 14.8 Å². The molecule has 0 aliphatic carbocycles. The minimum Gasteiger partial charge on any atom is -0.490 e. The fourth-order valence-corrected chi connectivity index (χ4v) is 2.34. The molecular weight excluding hydrogens is 258 g/mol. The molecule has 5 heteroatoms. The van der Waals surface area contributed by atoms with Crippen molar-refractivity contribution in [2.24, 2.45) is 0 Å².